The van der Waals surface area contributed by atoms with E-state index in [9.17, 15) is 9.50 Å². The highest BCUT2D eigenvalue weighted by molar-refractivity contribution is 9.10. The van der Waals surface area contributed by atoms with Gasteiger partial charge in [0.05, 0.1) is 16.8 Å². The molecule has 0 saturated carbocycles. The van der Waals surface area contributed by atoms with Gasteiger partial charge < -0.3 is 9.52 Å². The van der Waals surface area contributed by atoms with Gasteiger partial charge in [0.2, 0.25) is 0 Å². The van der Waals surface area contributed by atoms with Crippen molar-refractivity contribution in [3.8, 4) is 0 Å². The van der Waals surface area contributed by atoms with Crippen molar-refractivity contribution in [2.45, 2.75) is 12.5 Å². The van der Waals surface area contributed by atoms with Crippen LogP contribution in [0, 0.1) is 5.82 Å². The molecule has 2 aromatic rings. The molecule has 1 heterocycles. The van der Waals surface area contributed by atoms with E-state index in [1.165, 1.54) is 6.07 Å². The summed E-state index contributed by atoms with van der Waals surface area (Å²) in [6, 6.07) is 8.02. The summed E-state index contributed by atoms with van der Waals surface area (Å²) in [6.07, 6.45) is 1.25. The van der Waals surface area contributed by atoms with E-state index in [0.29, 0.717) is 22.2 Å². The van der Waals surface area contributed by atoms with E-state index in [2.05, 4.69) is 15.9 Å². The van der Waals surface area contributed by atoms with Gasteiger partial charge in [-0.1, -0.05) is 6.07 Å². The lowest BCUT2D eigenvalue weighted by Crippen LogP contribution is -2.01. The summed E-state index contributed by atoms with van der Waals surface area (Å²) >= 11 is 3.08. The SMILES string of the molecule is OC(Cc1ccco1)c1ccc(F)c(Br)c1. The molecule has 84 valence electrons. The van der Waals surface area contributed by atoms with Crippen LogP contribution in [-0.4, -0.2) is 5.11 Å². The lowest BCUT2D eigenvalue weighted by molar-refractivity contribution is 0.170. The van der Waals surface area contributed by atoms with Gasteiger partial charge in [0.25, 0.3) is 0 Å². The Labute approximate surface area is 101 Å². The zero-order valence-electron chi connectivity index (χ0n) is 8.36. The second kappa shape index (κ2) is 4.80. The molecule has 0 aliphatic carbocycles. The van der Waals surface area contributed by atoms with Gasteiger partial charge in [-0.2, -0.15) is 0 Å². The second-order valence-corrected chi connectivity index (χ2v) is 4.33. The first-order valence-corrected chi connectivity index (χ1v) is 5.61. The Hall–Kier alpha value is -1.13. The number of rotatable bonds is 3. The summed E-state index contributed by atoms with van der Waals surface area (Å²) < 4.78 is 18.5. The van der Waals surface area contributed by atoms with Gasteiger partial charge in [-0.05, 0) is 45.8 Å². The minimum absolute atomic E-state index is 0.339. The number of benzene rings is 1. The van der Waals surface area contributed by atoms with E-state index < -0.39 is 6.10 Å². The van der Waals surface area contributed by atoms with Crippen LogP contribution in [0.1, 0.15) is 17.4 Å². The van der Waals surface area contributed by atoms with Gasteiger partial charge in [-0.15, -0.1) is 0 Å². The summed E-state index contributed by atoms with van der Waals surface area (Å²) in [5.74, 6) is 0.363. The smallest absolute Gasteiger partial charge is 0.137 e. The highest BCUT2D eigenvalue weighted by Gasteiger charge is 2.11. The lowest BCUT2D eigenvalue weighted by atomic mass is 10.1. The number of aliphatic hydroxyl groups is 1. The fourth-order valence-corrected chi connectivity index (χ4v) is 1.85. The molecule has 1 N–H and O–H groups in total. The van der Waals surface area contributed by atoms with Gasteiger partial charge in [0.15, 0.2) is 0 Å². The van der Waals surface area contributed by atoms with Gasteiger partial charge in [-0.25, -0.2) is 4.39 Å². The molecule has 0 spiro atoms. The molecule has 0 saturated heterocycles. The van der Waals surface area contributed by atoms with E-state index in [4.69, 9.17) is 4.42 Å². The third-order valence-electron chi connectivity index (χ3n) is 2.30. The monoisotopic (exact) mass is 284 g/mol. The summed E-state index contributed by atoms with van der Waals surface area (Å²) in [4.78, 5) is 0. The van der Waals surface area contributed by atoms with Crippen molar-refractivity contribution >= 4 is 15.9 Å². The molecule has 4 heteroatoms. The van der Waals surface area contributed by atoms with Crippen molar-refractivity contribution in [1.82, 2.24) is 0 Å². The van der Waals surface area contributed by atoms with Crippen molar-refractivity contribution < 1.29 is 13.9 Å². The van der Waals surface area contributed by atoms with Crippen LogP contribution in [-0.2, 0) is 6.42 Å². The van der Waals surface area contributed by atoms with Gasteiger partial charge in [0, 0.05) is 6.42 Å². The van der Waals surface area contributed by atoms with Crippen LogP contribution in [0.3, 0.4) is 0 Å². The number of furan rings is 1. The average molecular weight is 285 g/mol. The molecule has 1 atom stereocenters. The Morgan fingerprint density at radius 3 is 2.81 bits per heavy atom. The summed E-state index contributed by atoms with van der Waals surface area (Å²) in [5, 5.41) is 9.90. The van der Waals surface area contributed by atoms with E-state index in [1.54, 1.807) is 30.5 Å². The van der Waals surface area contributed by atoms with E-state index in [1.807, 2.05) is 0 Å². The van der Waals surface area contributed by atoms with Gasteiger partial charge in [-0.3, -0.25) is 0 Å². The Balaban J connectivity index is 2.14. The molecule has 0 aliphatic heterocycles. The van der Waals surface area contributed by atoms with Crippen molar-refractivity contribution in [2.75, 3.05) is 0 Å². The van der Waals surface area contributed by atoms with Crippen LogP contribution >= 0.6 is 15.9 Å². The van der Waals surface area contributed by atoms with Crippen LogP contribution < -0.4 is 0 Å². The van der Waals surface area contributed by atoms with Crippen molar-refractivity contribution in [1.29, 1.82) is 0 Å². The van der Waals surface area contributed by atoms with Gasteiger partial charge in [0.1, 0.15) is 11.6 Å². The van der Waals surface area contributed by atoms with Crippen LogP contribution in [0.4, 0.5) is 4.39 Å². The first kappa shape index (κ1) is 11.4. The molecule has 2 rings (SSSR count). The molecular formula is C12H10BrFO2. The highest BCUT2D eigenvalue weighted by Crippen LogP contribution is 2.23. The molecule has 0 amide bonds. The summed E-state index contributed by atoms with van der Waals surface area (Å²) in [6.45, 7) is 0. The molecule has 0 bridgehead atoms. The van der Waals surface area contributed by atoms with E-state index >= 15 is 0 Å². The van der Waals surface area contributed by atoms with Crippen LogP contribution in [0.2, 0.25) is 0 Å². The number of hydrogen-bond donors (Lipinski definition) is 1. The number of aliphatic hydroxyl groups excluding tert-OH is 1. The minimum Gasteiger partial charge on any atom is -0.469 e. The average Bonchev–Trinajstić information content (AvgIpc) is 2.74. The van der Waals surface area contributed by atoms with E-state index in [-0.39, 0.29) is 5.82 Å². The minimum atomic E-state index is -0.692. The molecule has 0 aliphatic rings. The summed E-state index contributed by atoms with van der Waals surface area (Å²) in [5.41, 5.74) is 0.657. The van der Waals surface area contributed by atoms with Crippen LogP contribution in [0.5, 0.6) is 0 Å². The third-order valence-corrected chi connectivity index (χ3v) is 2.91. The van der Waals surface area contributed by atoms with Gasteiger partial charge >= 0.3 is 0 Å². The number of halogens is 2. The zero-order chi connectivity index (χ0) is 11.5. The zero-order valence-corrected chi connectivity index (χ0v) is 9.95. The summed E-state index contributed by atoms with van der Waals surface area (Å²) in [7, 11) is 0. The topological polar surface area (TPSA) is 33.4 Å². The van der Waals surface area contributed by atoms with Crippen LogP contribution in [0.25, 0.3) is 0 Å². The predicted molar refractivity (Wildman–Crippen MR) is 61.5 cm³/mol. The Morgan fingerprint density at radius 2 is 2.19 bits per heavy atom. The molecule has 1 aromatic carbocycles. The van der Waals surface area contributed by atoms with E-state index in [0.717, 1.165) is 0 Å². The maximum absolute atomic E-state index is 13.0. The van der Waals surface area contributed by atoms with Crippen LogP contribution in [0.15, 0.2) is 45.5 Å². The molecule has 1 aromatic heterocycles. The largest absolute Gasteiger partial charge is 0.469 e. The fraction of sp³-hybridized carbons (Fsp3) is 0.167. The molecular weight excluding hydrogens is 275 g/mol. The third kappa shape index (κ3) is 2.51. The Kier molecular flexibility index (Phi) is 3.41. The van der Waals surface area contributed by atoms with Crippen molar-refractivity contribution in [3.63, 3.8) is 0 Å². The first-order chi connectivity index (χ1) is 7.66. The molecule has 0 fully saturated rings. The van der Waals surface area contributed by atoms with Crippen molar-refractivity contribution in [2.24, 2.45) is 0 Å². The standard InChI is InChI=1S/C12H10BrFO2/c13-10-6-8(3-4-11(10)14)12(15)7-9-2-1-5-16-9/h1-6,12,15H,7H2. The Bertz CT molecular complexity index is 468. The predicted octanol–water partition coefficient (Wildman–Crippen LogP) is 3.46. The van der Waals surface area contributed by atoms with Crippen molar-refractivity contribution in [3.05, 3.63) is 58.2 Å². The molecule has 0 radical (unpaired) electrons. The molecule has 1 unspecified atom stereocenters. The maximum atomic E-state index is 13.0. The molecule has 2 nitrogen and oxygen atoms in total. The fourth-order valence-electron chi connectivity index (χ4n) is 1.46. The quantitative estimate of drug-likeness (QED) is 0.937. The Morgan fingerprint density at radius 1 is 1.38 bits per heavy atom. The number of hydrogen-bond acceptors (Lipinski definition) is 2. The second-order valence-electron chi connectivity index (χ2n) is 3.47. The first-order valence-electron chi connectivity index (χ1n) is 4.82. The normalized spacial score (nSPS) is 12.7. The lowest BCUT2D eigenvalue weighted by Gasteiger charge is -2.09. The maximum Gasteiger partial charge on any atom is 0.137 e. The molecule has 16 heavy (non-hydrogen) atoms. The highest BCUT2D eigenvalue weighted by atomic mass is 79.9.